The van der Waals surface area contributed by atoms with E-state index in [4.69, 9.17) is 16.3 Å². The zero-order valence-electron chi connectivity index (χ0n) is 16.4. The predicted octanol–water partition coefficient (Wildman–Crippen LogP) is 5.02. The number of hydrogen-bond donors (Lipinski definition) is 0. The van der Waals surface area contributed by atoms with Crippen LogP contribution in [0.1, 0.15) is 15.9 Å². The second kappa shape index (κ2) is 9.18. The summed E-state index contributed by atoms with van der Waals surface area (Å²) in [6, 6.07) is 21.2. The van der Waals surface area contributed by atoms with Crippen LogP contribution < -0.4 is 9.64 Å². The molecule has 0 saturated carbocycles. The maximum absolute atomic E-state index is 13.1. The molecule has 1 amide bonds. The lowest BCUT2D eigenvalue weighted by Gasteiger charge is -2.36. The van der Waals surface area contributed by atoms with Gasteiger partial charge in [-0.15, -0.1) is 0 Å². The zero-order chi connectivity index (χ0) is 20.9. The predicted molar refractivity (Wildman–Crippen MR) is 117 cm³/mol. The third-order valence-electron chi connectivity index (χ3n) is 5.18. The van der Waals surface area contributed by atoms with Gasteiger partial charge in [-0.3, -0.25) is 4.79 Å². The number of benzene rings is 3. The van der Waals surface area contributed by atoms with Gasteiger partial charge in [0.1, 0.15) is 18.2 Å². The van der Waals surface area contributed by atoms with Crippen LogP contribution in [-0.2, 0) is 6.61 Å². The number of rotatable bonds is 5. The van der Waals surface area contributed by atoms with Crippen molar-refractivity contribution in [1.29, 1.82) is 0 Å². The van der Waals surface area contributed by atoms with E-state index < -0.39 is 0 Å². The van der Waals surface area contributed by atoms with E-state index in [1.807, 2.05) is 47.4 Å². The van der Waals surface area contributed by atoms with E-state index in [2.05, 4.69) is 4.90 Å². The van der Waals surface area contributed by atoms with Gasteiger partial charge < -0.3 is 14.5 Å². The van der Waals surface area contributed by atoms with Crippen molar-refractivity contribution in [2.75, 3.05) is 31.1 Å². The average molecular weight is 425 g/mol. The molecule has 1 saturated heterocycles. The fraction of sp³-hybridized carbons (Fsp3) is 0.208. The number of hydrogen-bond acceptors (Lipinski definition) is 3. The van der Waals surface area contributed by atoms with Crippen LogP contribution >= 0.6 is 11.6 Å². The van der Waals surface area contributed by atoms with Gasteiger partial charge in [0, 0.05) is 36.9 Å². The molecule has 0 N–H and O–H groups in total. The summed E-state index contributed by atoms with van der Waals surface area (Å²) >= 11 is 5.93. The van der Waals surface area contributed by atoms with E-state index in [-0.39, 0.29) is 11.7 Å². The Hall–Kier alpha value is -3.05. The highest BCUT2D eigenvalue weighted by atomic mass is 35.5. The quantitative estimate of drug-likeness (QED) is 0.576. The van der Waals surface area contributed by atoms with Gasteiger partial charge in [-0.25, -0.2) is 4.39 Å². The first-order valence-electron chi connectivity index (χ1n) is 9.86. The van der Waals surface area contributed by atoms with E-state index in [1.165, 1.54) is 12.1 Å². The van der Waals surface area contributed by atoms with Crippen molar-refractivity contribution in [1.82, 2.24) is 4.90 Å². The lowest BCUT2D eigenvalue weighted by molar-refractivity contribution is 0.0742. The molecule has 3 aromatic rings. The van der Waals surface area contributed by atoms with Crippen molar-refractivity contribution in [3.05, 3.63) is 94.8 Å². The Morgan fingerprint density at radius 1 is 0.900 bits per heavy atom. The molecule has 6 heteroatoms. The van der Waals surface area contributed by atoms with Gasteiger partial charge in [0.2, 0.25) is 0 Å². The van der Waals surface area contributed by atoms with Crippen molar-refractivity contribution in [2.24, 2.45) is 0 Å². The van der Waals surface area contributed by atoms with Crippen LogP contribution in [0.2, 0.25) is 5.02 Å². The zero-order valence-corrected chi connectivity index (χ0v) is 17.2. The molecule has 0 unspecified atom stereocenters. The molecule has 1 fully saturated rings. The number of nitrogens with zero attached hydrogens (tertiary/aromatic N) is 2. The Labute approximate surface area is 180 Å². The molecule has 0 bridgehead atoms. The molecule has 4 rings (SSSR count). The molecule has 3 aromatic carbocycles. The fourth-order valence-corrected chi connectivity index (χ4v) is 3.63. The van der Waals surface area contributed by atoms with Gasteiger partial charge in [-0.05, 0) is 54.1 Å². The minimum Gasteiger partial charge on any atom is -0.488 e. The number of halogens is 2. The van der Waals surface area contributed by atoms with Crippen molar-refractivity contribution in [3.63, 3.8) is 0 Å². The summed E-state index contributed by atoms with van der Waals surface area (Å²) in [7, 11) is 0. The SMILES string of the molecule is O=C(c1ccccc1OCc1ccc(Cl)cc1)N1CCN(c2ccc(F)cc2)CC1. The van der Waals surface area contributed by atoms with Crippen LogP contribution in [0.15, 0.2) is 72.8 Å². The van der Waals surface area contributed by atoms with Crippen LogP contribution in [0.5, 0.6) is 5.75 Å². The molecule has 1 aliphatic rings. The smallest absolute Gasteiger partial charge is 0.257 e. The first-order valence-corrected chi connectivity index (χ1v) is 10.2. The third-order valence-corrected chi connectivity index (χ3v) is 5.44. The maximum Gasteiger partial charge on any atom is 0.257 e. The number of carbonyl (C=O) groups is 1. The molecule has 0 aliphatic carbocycles. The summed E-state index contributed by atoms with van der Waals surface area (Å²) in [5.41, 5.74) is 2.51. The van der Waals surface area contributed by atoms with Crippen molar-refractivity contribution < 1.29 is 13.9 Å². The minimum atomic E-state index is -0.247. The van der Waals surface area contributed by atoms with Crippen LogP contribution in [0.3, 0.4) is 0 Å². The van der Waals surface area contributed by atoms with Gasteiger partial charge in [0.15, 0.2) is 0 Å². The lowest BCUT2D eigenvalue weighted by Crippen LogP contribution is -2.48. The average Bonchev–Trinajstić information content (AvgIpc) is 2.79. The Kier molecular flexibility index (Phi) is 6.19. The monoisotopic (exact) mass is 424 g/mol. The Morgan fingerprint density at radius 2 is 1.57 bits per heavy atom. The van der Waals surface area contributed by atoms with E-state index >= 15 is 0 Å². The number of amides is 1. The molecule has 30 heavy (non-hydrogen) atoms. The van der Waals surface area contributed by atoms with Gasteiger partial charge in [-0.1, -0.05) is 35.9 Å². The highest BCUT2D eigenvalue weighted by Crippen LogP contribution is 2.23. The Bertz CT molecular complexity index is 1000. The molecule has 1 heterocycles. The number of para-hydroxylation sites is 1. The van der Waals surface area contributed by atoms with Crippen molar-refractivity contribution >= 4 is 23.2 Å². The van der Waals surface area contributed by atoms with Crippen LogP contribution in [0, 0.1) is 5.82 Å². The molecule has 0 atom stereocenters. The second-order valence-electron chi connectivity index (χ2n) is 7.17. The van der Waals surface area contributed by atoms with Crippen molar-refractivity contribution in [2.45, 2.75) is 6.61 Å². The van der Waals surface area contributed by atoms with E-state index in [1.54, 1.807) is 18.2 Å². The van der Waals surface area contributed by atoms with E-state index in [9.17, 15) is 9.18 Å². The normalized spacial score (nSPS) is 13.9. The molecular weight excluding hydrogens is 403 g/mol. The maximum atomic E-state index is 13.1. The van der Waals surface area contributed by atoms with Crippen molar-refractivity contribution in [3.8, 4) is 5.75 Å². The molecule has 154 valence electrons. The molecule has 1 aliphatic heterocycles. The van der Waals surface area contributed by atoms with Crippen LogP contribution in [0.25, 0.3) is 0 Å². The lowest BCUT2D eigenvalue weighted by atomic mass is 10.1. The molecule has 0 aromatic heterocycles. The highest BCUT2D eigenvalue weighted by molar-refractivity contribution is 6.30. The van der Waals surface area contributed by atoms with Crippen LogP contribution in [0.4, 0.5) is 10.1 Å². The largest absolute Gasteiger partial charge is 0.488 e. The third kappa shape index (κ3) is 4.74. The summed E-state index contributed by atoms with van der Waals surface area (Å²) in [5.74, 6) is 0.279. The highest BCUT2D eigenvalue weighted by Gasteiger charge is 2.24. The summed E-state index contributed by atoms with van der Waals surface area (Å²) in [6.07, 6.45) is 0. The summed E-state index contributed by atoms with van der Waals surface area (Å²) in [6.45, 7) is 2.96. The summed E-state index contributed by atoms with van der Waals surface area (Å²) in [4.78, 5) is 17.1. The second-order valence-corrected chi connectivity index (χ2v) is 7.60. The first kappa shape index (κ1) is 20.2. The number of ether oxygens (including phenoxy) is 1. The molecular formula is C24H22ClFN2O2. The van der Waals surface area contributed by atoms with Gasteiger partial charge in [-0.2, -0.15) is 0 Å². The molecule has 0 spiro atoms. The Balaban J connectivity index is 1.40. The Morgan fingerprint density at radius 3 is 2.27 bits per heavy atom. The van der Waals surface area contributed by atoms with Crippen LogP contribution in [-0.4, -0.2) is 37.0 Å². The van der Waals surface area contributed by atoms with Gasteiger partial charge >= 0.3 is 0 Å². The first-order chi connectivity index (χ1) is 14.6. The minimum absolute atomic E-state index is 0.0412. The van der Waals surface area contributed by atoms with Gasteiger partial charge in [0.05, 0.1) is 5.56 Å². The number of piperazine rings is 1. The standard InChI is InChI=1S/C24H22ClFN2O2/c25-19-7-5-18(6-8-19)17-30-23-4-2-1-3-22(23)24(29)28-15-13-27(14-16-28)21-11-9-20(26)10-12-21/h1-12H,13-17H2. The number of anilines is 1. The topological polar surface area (TPSA) is 32.8 Å². The van der Waals surface area contributed by atoms with Gasteiger partial charge in [0.25, 0.3) is 5.91 Å². The summed E-state index contributed by atoms with van der Waals surface area (Å²) < 4.78 is 19.1. The van der Waals surface area contributed by atoms with E-state index in [0.29, 0.717) is 49.1 Å². The molecule has 4 nitrogen and oxygen atoms in total. The van der Waals surface area contributed by atoms with E-state index in [0.717, 1.165) is 11.3 Å². The summed E-state index contributed by atoms with van der Waals surface area (Å²) in [5, 5.41) is 0.675. The number of carbonyl (C=O) groups excluding carboxylic acids is 1. The molecule has 0 radical (unpaired) electrons. The fourth-order valence-electron chi connectivity index (χ4n) is 3.50.